The Morgan fingerprint density at radius 3 is 2.92 bits per heavy atom. The zero-order chi connectivity index (χ0) is 18.1. The minimum Gasteiger partial charge on any atom is -0.364 e. The van der Waals surface area contributed by atoms with E-state index in [4.69, 9.17) is 4.74 Å². The van der Waals surface area contributed by atoms with E-state index in [1.54, 1.807) is 22.6 Å². The van der Waals surface area contributed by atoms with Crippen LogP contribution >= 0.6 is 11.3 Å². The molecule has 0 aliphatic rings. The molecule has 0 aliphatic heterocycles. The molecule has 0 saturated heterocycles. The van der Waals surface area contributed by atoms with Crippen LogP contribution in [-0.4, -0.2) is 31.7 Å². The van der Waals surface area contributed by atoms with Gasteiger partial charge in [0.2, 0.25) is 0 Å². The Hall–Kier alpha value is -2.84. The average molecular weight is 367 g/mol. The fourth-order valence-electron chi connectivity index (χ4n) is 2.89. The van der Waals surface area contributed by atoms with Gasteiger partial charge in [-0.25, -0.2) is 4.68 Å². The van der Waals surface area contributed by atoms with Crippen molar-refractivity contribution >= 4 is 21.6 Å². The number of hydrogen-bond acceptors (Lipinski definition) is 6. The predicted octanol–water partition coefficient (Wildman–Crippen LogP) is 2.79. The van der Waals surface area contributed by atoms with Crippen LogP contribution in [0.25, 0.3) is 16.0 Å². The van der Waals surface area contributed by atoms with Gasteiger partial charge in [-0.15, -0.1) is 5.10 Å². The molecule has 1 unspecified atom stereocenters. The van der Waals surface area contributed by atoms with Gasteiger partial charge in [0.25, 0.3) is 0 Å². The van der Waals surface area contributed by atoms with Crippen LogP contribution < -0.4 is 4.87 Å². The van der Waals surface area contributed by atoms with Crippen molar-refractivity contribution in [3.8, 4) is 5.82 Å². The van der Waals surface area contributed by atoms with Gasteiger partial charge in [-0.3, -0.25) is 9.36 Å². The van der Waals surface area contributed by atoms with Crippen molar-refractivity contribution in [2.24, 2.45) is 0 Å². The Morgan fingerprint density at radius 2 is 2.15 bits per heavy atom. The minimum atomic E-state index is -0.0152. The highest BCUT2D eigenvalue weighted by atomic mass is 32.1. The van der Waals surface area contributed by atoms with Gasteiger partial charge in [-0.1, -0.05) is 24.3 Å². The van der Waals surface area contributed by atoms with E-state index < -0.39 is 0 Å². The summed E-state index contributed by atoms with van der Waals surface area (Å²) in [5.41, 5.74) is 2.93. The molecule has 1 atom stereocenters. The molecule has 8 heteroatoms. The number of nitrogens with zero attached hydrogens (tertiary/aromatic N) is 5. The summed E-state index contributed by atoms with van der Waals surface area (Å²) in [4.78, 5) is 12.1. The Balaban J connectivity index is 1.67. The van der Waals surface area contributed by atoms with Crippen LogP contribution in [0.4, 0.5) is 0 Å². The monoisotopic (exact) mass is 367 g/mol. The molecule has 1 aromatic carbocycles. The number of methoxy groups -OCH3 is 1. The lowest BCUT2D eigenvalue weighted by Gasteiger charge is -2.10. The summed E-state index contributed by atoms with van der Waals surface area (Å²) in [6.45, 7) is 2.36. The van der Waals surface area contributed by atoms with Crippen molar-refractivity contribution in [1.82, 2.24) is 24.5 Å². The van der Waals surface area contributed by atoms with E-state index in [0.29, 0.717) is 5.82 Å². The first kappa shape index (κ1) is 16.6. The van der Waals surface area contributed by atoms with Crippen LogP contribution in [0.15, 0.2) is 53.6 Å². The Labute approximate surface area is 153 Å². The van der Waals surface area contributed by atoms with Crippen LogP contribution in [0.1, 0.15) is 24.1 Å². The van der Waals surface area contributed by atoms with E-state index in [1.165, 1.54) is 11.3 Å². The summed E-state index contributed by atoms with van der Waals surface area (Å²) in [6, 6.07) is 11.7. The van der Waals surface area contributed by atoms with Crippen molar-refractivity contribution < 1.29 is 4.74 Å². The normalized spacial score (nSPS) is 12.5. The van der Waals surface area contributed by atoms with E-state index in [9.17, 15) is 4.79 Å². The summed E-state index contributed by atoms with van der Waals surface area (Å²) in [5.74, 6) is 0.765. The highest BCUT2D eigenvalue weighted by Crippen LogP contribution is 2.27. The smallest absolute Gasteiger partial charge is 0.310 e. The second kappa shape index (κ2) is 6.81. The Morgan fingerprint density at radius 1 is 1.27 bits per heavy atom. The number of thiazole rings is 1. The summed E-state index contributed by atoms with van der Waals surface area (Å²) in [5, 5.41) is 12.6. The van der Waals surface area contributed by atoms with Crippen LogP contribution in [0, 0.1) is 0 Å². The molecule has 0 radical (unpaired) electrons. The first-order valence-electron chi connectivity index (χ1n) is 8.13. The van der Waals surface area contributed by atoms with Gasteiger partial charge in [-0.05, 0) is 35.9 Å². The maximum Gasteiger partial charge on any atom is 0.310 e. The molecule has 3 aromatic heterocycles. The molecule has 0 saturated carbocycles. The van der Waals surface area contributed by atoms with E-state index >= 15 is 0 Å². The lowest BCUT2D eigenvalue weighted by atomic mass is 9.98. The Bertz CT molecular complexity index is 1100. The molecule has 7 nitrogen and oxygen atoms in total. The van der Waals surface area contributed by atoms with Crippen molar-refractivity contribution in [1.29, 1.82) is 0 Å². The third-order valence-electron chi connectivity index (χ3n) is 4.30. The molecule has 0 spiro atoms. The predicted molar refractivity (Wildman–Crippen MR) is 99.8 cm³/mol. The topological polar surface area (TPSA) is 74.8 Å². The quantitative estimate of drug-likeness (QED) is 0.542. The SMILES string of the molecule is COCn1c(=O)sc2cc(C(C)c3ccn(-c4cccnn4)n3)ccc21. The fraction of sp³-hybridized carbons (Fsp3) is 0.222. The molecule has 26 heavy (non-hydrogen) atoms. The van der Waals surface area contributed by atoms with E-state index in [0.717, 1.165) is 21.5 Å². The number of aromatic nitrogens is 5. The van der Waals surface area contributed by atoms with Gasteiger partial charge in [0.15, 0.2) is 5.82 Å². The maximum absolute atomic E-state index is 12.1. The number of ether oxygens (including phenoxy) is 1. The maximum atomic E-state index is 12.1. The van der Waals surface area contributed by atoms with Crippen LogP contribution in [0.2, 0.25) is 0 Å². The average Bonchev–Trinajstić information content (AvgIpc) is 3.27. The number of benzene rings is 1. The summed E-state index contributed by atoms with van der Waals surface area (Å²) >= 11 is 1.23. The van der Waals surface area contributed by atoms with Gasteiger partial charge in [0, 0.05) is 25.4 Å². The van der Waals surface area contributed by atoms with E-state index in [-0.39, 0.29) is 17.5 Å². The number of fused-ring (bicyclic) bond motifs is 1. The lowest BCUT2D eigenvalue weighted by molar-refractivity contribution is 0.133. The third kappa shape index (κ3) is 2.93. The molecule has 0 amide bonds. The molecule has 3 heterocycles. The van der Waals surface area contributed by atoms with Crippen LogP contribution in [0.5, 0.6) is 0 Å². The second-order valence-corrected chi connectivity index (χ2v) is 6.92. The van der Waals surface area contributed by atoms with Gasteiger partial charge < -0.3 is 4.74 Å². The molecular weight excluding hydrogens is 350 g/mol. The minimum absolute atomic E-state index is 0.0152. The Kier molecular flexibility index (Phi) is 4.36. The summed E-state index contributed by atoms with van der Waals surface area (Å²) in [6.07, 6.45) is 3.51. The first-order valence-corrected chi connectivity index (χ1v) is 8.95. The summed E-state index contributed by atoms with van der Waals surface area (Å²) in [7, 11) is 1.58. The van der Waals surface area contributed by atoms with Gasteiger partial charge in [-0.2, -0.15) is 10.2 Å². The first-order chi connectivity index (χ1) is 12.7. The highest BCUT2D eigenvalue weighted by molar-refractivity contribution is 7.16. The third-order valence-corrected chi connectivity index (χ3v) is 5.24. The van der Waals surface area contributed by atoms with Crippen molar-refractivity contribution in [3.05, 3.63) is 69.7 Å². The summed E-state index contributed by atoms with van der Waals surface area (Å²) < 4.78 is 9.41. The zero-order valence-electron chi connectivity index (χ0n) is 14.4. The van der Waals surface area contributed by atoms with Crippen LogP contribution in [0.3, 0.4) is 0 Å². The van der Waals surface area contributed by atoms with Crippen molar-refractivity contribution in [3.63, 3.8) is 0 Å². The lowest BCUT2D eigenvalue weighted by Crippen LogP contribution is -2.13. The largest absolute Gasteiger partial charge is 0.364 e. The van der Waals surface area contributed by atoms with Crippen LogP contribution in [-0.2, 0) is 11.5 Å². The molecule has 0 bridgehead atoms. The zero-order valence-corrected chi connectivity index (χ0v) is 15.2. The number of rotatable bonds is 5. The molecule has 0 N–H and O–H groups in total. The van der Waals surface area contributed by atoms with E-state index in [2.05, 4.69) is 28.3 Å². The van der Waals surface area contributed by atoms with Gasteiger partial charge in [0.05, 0.1) is 15.9 Å². The van der Waals surface area contributed by atoms with Gasteiger partial charge >= 0.3 is 4.87 Å². The number of hydrogen-bond donors (Lipinski definition) is 0. The molecule has 132 valence electrons. The fourth-order valence-corrected chi connectivity index (χ4v) is 3.81. The molecule has 0 aliphatic carbocycles. The van der Waals surface area contributed by atoms with Crippen molar-refractivity contribution in [2.75, 3.05) is 7.11 Å². The highest BCUT2D eigenvalue weighted by Gasteiger charge is 2.15. The molecule has 0 fully saturated rings. The standard InChI is InChI=1S/C18H17N5O2S/c1-12(14-7-9-23(21-14)17-4-3-8-19-20-17)13-5-6-15-16(10-13)26-18(24)22(15)11-25-2/h3-10,12H,11H2,1-2H3. The van der Waals surface area contributed by atoms with E-state index in [1.807, 2.05) is 36.5 Å². The molecule has 4 rings (SSSR count). The second-order valence-electron chi connectivity index (χ2n) is 5.93. The molecule has 4 aromatic rings. The van der Waals surface area contributed by atoms with Gasteiger partial charge in [0.1, 0.15) is 6.73 Å². The molecular formula is C18H17N5O2S. The van der Waals surface area contributed by atoms with Crippen molar-refractivity contribution in [2.45, 2.75) is 19.6 Å².